The van der Waals surface area contributed by atoms with Crippen LogP contribution in [0.5, 0.6) is 0 Å². The first-order valence-electron chi connectivity index (χ1n) is 13.0. The number of hydrogen-bond donors (Lipinski definition) is 2. The van der Waals surface area contributed by atoms with E-state index in [0.29, 0.717) is 35.0 Å². The number of unbranched alkanes of at least 4 members (excludes halogenated alkanes) is 1. The van der Waals surface area contributed by atoms with E-state index in [0.717, 1.165) is 17.7 Å². The van der Waals surface area contributed by atoms with Gasteiger partial charge in [0.1, 0.15) is 10.7 Å². The third-order valence-electron chi connectivity index (χ3n) is 6.35. The molecule has 206 valence electrons. The third kappa shape index (κ3) is 6.40. The van der Waals surface area contributed by atoms with Crippen LogP contribution < -0.4 is 15.5 Å². The zero-order valence-corrected chi connectivity index (χ0v) is 23.2. The molecule has 0 bridgehead atoms. The molecule has 0 aromatic heterocycles. The highest BCUT2D eigenvalue weighted by molar-refractivity contribution is 6.53. The monoisotopic (exact) mass is 559 g/mol. The SMILES string of the molecule is CCCCOC(=O)c1ccc(N2C(=O)C(Cl)=C(Nc3cccc(C(=O)Nc4ccc(C(C)C)cc4)c3)C2=O)cc1. The van der Waals surface area contributed by atoms with Crippen molar-refractivity contribution < 1.29 is 23.9 Å². The van der Waals surface area contributed by atoms with Gasteiger partial charge in [-0.2, -0.15) is 0 Å². The number of amides is 3. The lowest BCUT2D eigenvalue weighted by atomic mass is 10.0. The molecule has 0 saturated carbocycles. The Morgan fingerprint density at radius 2 is 1.60 bits per heavy atom. The lowest BCUT2D eigenvalue weighted by Gasteiger charge is -2.15. The molecule has 0 radical (unpaired) electrons. The summed E-state index contributed by atoms with van der Waals surface area (Å²) in [6.45, 7) is 6.51. The first-order chi connectivity index (χ1) is 19.2. The molecule has 3 aromatic rings. The smallest absolute Gasteiger partial charge is 0.338 e. The normalized spacial score (nSPS) is 13.2. The summed E-state index contributed by atoms with van der Waals surface area (Å²) in [5, 5.41) is 5.46. The van der Waals surface area contributed by atoms with E-state index in [1.54, 1.807) is 24.3 Å². The Morgan fingerprint density at radius 3 is 2.25 bits per heavy atom. The quantitative estimate of drug-likeness (QED) is 0.168. The maximum absolute atomic E-state index is 13.2. The lowest BCUT2D eigenvalue weighted by Crippen LogP contribution is -2.32. The van der Waals surface area contributed by atoms with Crippen LogP contribution in [0.1, 0.15) is 65.8 Å². The van der Waals surface area contributed by atoms with Crippen LogP contribution in [0.3, 0.4) is 0 Å². The molecule has 9 heteroatoms. The summed E-state index contributed by atoms with van der Waals surface area (Å²) in [4.78, 5) is 52.0. The fourth-order valence-corrected chi connectivity index (χ4v) is 4.23. The first kappa shape index (κ1) is 28.6. The Morgan fingerprint density at radius 1 is 0.900 bits per heavy atom. The summed E-state index contributed by atoms with van der Waals surface area (Å²) in [6.07, 6.45) is 1.67. The minimum atomic E-state index is -0.703. The van der Waals surface area contributed by atoms with Crippen LogP contribution in [0.4, 0.5) is 17.1 Å². The molecule has 2 N–H and O–H groups in total. The van der Waals surface area contributed by atoms with Gasteiger partial charge in [-0.15, -0.1) is 0 Å². The van der Waals surface area contributed by atoms with Gasteiger partial charge >= 0.3 is 5.97 Å². The summed E-state index contributed by atoms with van der Waals surface area (Å²) < 4.78 is 5.20. The Kier molecular flexibility index (Phi) is 9.01. The van der Waals surface area contributed by atoms with Crippen molar-refractivity contribution in [3.8, 4) is 0 Å². The van der Waals surface area contributed by atoms with Gasteiger partial charge in [0, 0.05) is 16.9 Å². The van der Waals surface area contributed by atoms with E-state index in [9.17, 15) is 19.2 Å². The molecule has 1 aliphatic heterocycles. The fraction of sp³-hybridized carbons (Fsp3) is 0.226. The van der Waals surface area contributed by atoms with Crippen LogP contribution in [0.15, 0.2) is 83.5 Å². The topological polar surface area (TPSA) is 105 Å². The van der Waals surface area contributed by atoms with Crippen molar-refractivity contribution in [2.24, 2.45) is 0 Å². The van der Waals surface area contributed by atoms with Gasteiger partial charge in [-0.1, -0.05) is 57.0 Å². The first-order valence-corrected chi connectivity index (χ1v) is 13.4. The number of hydrogen-bond acceptors (Lipinski definition) is 6. The van der Waals surface area contributed by atoms with Crippen molar-refractivity contribution in [3.63, 3.8) is 0 Å². The van der Waals surface area contributed by atoms with Crippen LogP contribution in [0, 0.1) is 0 Å². The van der Waals surface area contributed by atoms with Gasteiger partial charge in [0.25, 0.3) is 17.7 Å². The number of imide groups is 1. The number of carbonyl (C=O) groups excluding carboxylic acids is 4. The number of esters is 1. The van der Waals surface area contributed by atoms with E-state index in [-0.39, 0.29) is 22.3 Å². The number of halogens is 1. The molecule has 4 rings (SSSR count). The molecule has 40 heavy (non-hydrogen) atoms. The van der Waals surface area contributed by atoms with Gasteiger partial charge in [-0.25, -0.2) is 9.69 Å². The molecule has 0 aliphatic carbocycles. The number of nitrogens with one attached hydrogen (secondary N) is 2. The van der Waals surface area contributed by atoms with Crippen molar-refractivity contribution in [1.29, 1.82) is 0 Å². The zero-order valence-electron chi connectivity index (χ0n) is 22.5. The van der Waals surface area contributed by atoms with Gasteiger partial charge < -0.3 is 15.4 Å². The van der Waals surface area contributed by atoms with E-state index < -0.39 is 17.8 Å². The molecule has 1 aliphatic rings. The number of carbonyl (C=O) groups is 4. The summed E-state index contributed by atoms with van der Waals surface area (Å²) in [5.74, 6) is -1.79. The maximum atomic E-state index is 13.2. The third-order valence-corrected chi connectivity index (χ3v) is 6.70. The largest absolute Gasteiger partial charge is 0.462 e. The maximum Gasteiger partial charge on any atom is 0.338 e. The van der Waals surface area contributed by atoms with Crippen LogP contribution in [-0.4, -0.2) is 30.3 Å². The zero-order chi connectivity index (χ0) is 28.8. The number of anilines is 3. The molecular formula is C31H30ClN3O5. The van der Waals surface area contributed by atoms with Crippen LogP contribution in [-0.2, 0) is 14.3 Å². The number of ether oxygens (including phenoxy) is 1. The Hall–Kier alpha value is -4.43. The Bertz CT molecular complexity index is 1460. The second kappa shape index (κ2) is 12.6. The minimum Gasteiger partial charge on any atom is -0.462 e. The van der Waals surface area contributed by atoms with E-state index in [4.69, 9.17) is 16.3 Å². The number of rotatable bonds is 10. The molecular weight excluding hydrogens is 530 g/mol. The molecule has 0 unspecified atom stereocenters. The van der Waals surface area contributed by atoms with Crippen molar-refractivity contribution >= 4 is 52.4 Å². The molecule has 0 spiro atoms. The van der Waals surface area contributed by atoms with E-state index >= 15 is 0 Å². The van der Waals surface area contributed by atoms with Gasteiger partial charge in [-0.05, 0) is 72.5 Å². The molecule has 3 aromatic carbocycles. The second-order valence-corrected chi connectivity index (χ2v) is 9.99. The van der Waals surface area contributed by atoms with Crippen molar-refractivity contribution in [2.45, 2.75) is 39.5 Å². The van der Waals surface area contributed by atoms with Crippen molar-refractivity contribution in [2.75, 3.05) is 22.1 Å². The van der Waals surface area contributed by atoms with E-state index in [1.165, 1.54) is 29.8 Å². The van der Waals surface area contributed by atoms with Gasteiger partial charge in [0.2, 0.25) is 0 Å². The van der Waals surface area contributed by atoms with Gasteiger partial charge in [-0.3, -0.25) is 14.4 Å². The minimum absolute atomic E-state index is 0.114. The summed E-state index contributed by atoms with van der Waals surface area (Å²) >= 11 is 6.27. The summed E-state index contributed by atoms with van der Waals surface area (Å²) in [7, 11) is 0. The Labute approximate surface area is 238 Å². The predicted molar refractivity (Wildman–Crippen MR) is 156 cm³/mol. The van der Waals surface area contributed by atoms with Crippen LogP contribution in [0.2, 0.25) is 0 Å². The number of nitrogens with zero attached hydrogens (tertiary/aromatic N) is 1. The van der Waals surface area contributed by atoms with Crippen LogP contribution >= 0.6 is 11.6 Å². The predicted octanol–water partition coefficient (Wildman–Crippen LogP) is 6.45. The molecule has 0 fully saturated rings. The highest BCUT2D eigenvalue weighted by Gasteiger charge is 2.39. The standard InChI is InChI=1S/C31H30ClN3O5/c1-4-5-17-40-31(39)21-11-15-25(16-12-21)35-29(37)26(32)27(30(35)38)33-24-8-6-7-22(18-24)28(36)34-23-13-9-20(10-14-23)19(2)3/h6-16,18-19,33H,4-5,17H2,1-3H3,(H,34,36). The highest BCUT2D eigenvalue weighted by atomic mass is 35.5. The Balaban J connectivity index is 1.45. The van der Waals surface area contributed by atoms with Crippen molar-refractivity contribution in [1.82, 2.24) is 0 Å². The molecule has 1 heterocycles. The molecule has 0 saturated heterocycles. The van der Waals surface area contributed by atoms with E-state index in [2.05, 4.69) is 24.5 Å². The average molecular weight is 560 g/mol. The van der Waals surface area contributed by atoms with Gasteiger partial charge in [0.05, 0.1) is 17.9 Å². The van der Waals surface area contributed by atoms with Gasteiger partial charge in [0.15, 0.2) is 0 Å². The number of benzene rings is 3. The van der Waals surface area contributed by atoms with Crippen LogP contribution in [0.25, 0.3) is 0 Å². The highest BCUT2D eigenvalue weighted by Crippen LogP contribution is 2.30. The average Bonchev–Trinajstić information content (AvgIpc) is 3.16. The fourth-order valence-electron chi connectivity index (χ4n) is 4.02. The van der Waals surface area contributed by atoms with E-state index in [1.807, 2.05) is 31.2 Å². The molecule has 8 nitrogen and oxygen atoms in total. The molecule has 0 atom stereocenters. The second-order valence-electron chi connectivity index (χ2n) is 9.61. The van der Waals surface area contributed by atoms with Crippen molar-refractivity contribution in [3.05, 3.63) is 100 Å². The summed E-state index contributed by atoms with van der Waals surface area (Å²) in [5.41, 5.74) is 3.03. The molecule has 3 amide bonds. The summed E-state index contributed by atoms with van der Waals surface area (Å²) in [6, 6.07) is 20.1. The lowest BCUT2D eigenvalue weighted by molar-refractivity contribution is -0.120.